The zero-order chi connectivity index (χ0) is 13.3. The molecule has 4 heteroatoms. The minimum atomic E-state index is -0.00329. The summed E-state index contributed by atoms with van der Waals surface area (Å²) in [5.74, 6) is 0.746. The third kappa shape index (κ3) is 2.31. The van der Waals surface area contributed by atoms with Crippen molar-refractivity contribution >= 4 is 0 Å². The van der Waals surface area contributed by atoms with Crippen LogP contribution in [0.3, 0.4) is 0 Å². The van der Waals surface area contributed by atoms with Crippen molar-refractivity contribution in [2.45, 2.75) is 44.2 Å². The van der Waals surface area contributed by atoms with Gasteiger partial charge < -0.3 is 10.6 Å². The lowest BCUT2D eigenvalue weighted by atomic mass is 9.71. The third-order valence-corrected chi connectivity index (χ3v) is 4.53. The Balaban J connectivity index is 2.29. The fourth-order valence-electron chi connectivity index (χ4n) is 3.41. The van der Waals surface area contributed by atoms with Gasteiger partial charge in [-0.05, 0) is 38.9 Å². The fraction of sp³-hybridized carbons (Fsp3) is 0.786. The van der Waals surface area contributed by atoms with Gasteiger partial charge in [-0.25, -0.2) is 0 Å². The number of rotatable bonds is 3. The van der Waals surface area contributed by atoms with Gasteiger partial charge in [0.2, 0.25) is 0 Å². The summed E-state index contributed by atoms with van der Waals surface area (Å²) in [5.41, 5.74) is 7.64. The fourth-order valence-corrected chi connectivity index (χ4v) is 3.41. The summed E-state index contributed by atoms with van der Waals surface area (Å²) >= 11 is 0. The molecule has 0 aliphatic heterocycles. The molecule has 1 aliphatic rings. The lowest BCUT2D eigenvalue weighted by Crippen LogP contribution is -2.54. The van der Waals surface area contributed by atoms with Crippen molar-refractivity contribution in [2.24, 2.45) is 18.7 Å². The monoisotopic (exact) mass is 250 g/mol. The van der Waals surface area contributed by atoms with Crippen LogP contribution in [-0.2, 0) is 7.05 Å². The zero-order valence-electron chi connectivity index (χ0n) is 12.1. The molecule has 0 radical (unpaired) electrons. The van der Waals surface area contributed by atoms with Crippen LogP contribution in [0.5, 0.6) is 0 Å². The smallest absolute Gasteiger partial charge is 0.0810 e. The van der Waals surface area contributed by atoms with E-state index < -0.39 is 0 Å². The van der Waals surface area contributed by atoms with Gasteiger partial charge in [0.25, 0.3) is 0 Å². The Hall–Kier alpha value is -0.870. The number of aromatic nitrogens is 2. The second-order valence-corrected chi connectivity index (χ2v) is 6.09. The van der Waals surface area contributed by atoms with Crippen LogP contribution in [0.15, 0.2) is 12.3 Å². The number of aryl methyl sites for hydroxylation is 1. The molecule has 1 aromatic rings. The first-order valence-corrected chi connectivity index (χ1v) is 6.88. The van der Waals surface area contributed by atoms with Gasteiger partial charge in [0.15, 0.2) is 0 Å². The number of hydrogen-bond donors (Lipinski definition) is 1. The van der Waals surface area contributed by atoms with Gasteiger partial charge in [-0.1, -0.05) is 19.8 Å². The maximum atomic E-state index is 6.56. The lowest BCUT2D eigenvalue weighted by molar-refractivity contribution is 0.0485. The van der Waals surface area contributed by atoms with Crippen LogP contribution in [0.2, 0.25) is 0 Å². The third-order valence-electron chi connectivity index (χ3n) is 4.53. The molecule has 1 heterocycles. The number of nitrogens with zero attached hydrogens (tertiary/aromatic N) is 3. The quantitative estimate of drug-likeness (QED) is 0.891. The molecule has 0 saturated heterocycles. The molecule has 2 rings (SSSR count). The largest absolute Gasteiger partial charge is 0.321 e. The Bertz CT molecular complexity index is 398. The molecule has 0 bridgehead atoms. The summed E-state index contributed by atoms with van der Waals surface area (Å²) in [7, 11) is 6.25. The molecule has 1 fully saturated rings. The molecular formula is C14H26N4. The number of likely N-dealkylation sites (N-methyl/N-ethyl adjacent to an activating group) is 1. The molecule has 1 aromatic heterocycles. The average molecular weight is 250 g/mol. The first kappa shape index (κ1) is 13.6. The van der Waals surface area contributed by atoms with Crippen molar-refractivity contribution in [3.63, 3.8) is 0 Å². The lowest BCUT2D eigenvalue weighted by Gasteiger charge is -2.48. The second kappa shape index (κ2) is 5.02. The van der Waals surface area contributed by atoms with Gasteiger partial charge in [0, 0.05) is 18.8 Å². The predicted octanol–water partition coefficient (Wildman–Crippen LogP) is 1.93. The maximum absolute atomic E-state index is 6.56. The van der Waals surface area contributed by atoms with E-state index in [-0.39, 0.29) is 11.6 Å². The molecule has 1 saturated carbocycles. The van der Waals surface area contributed by atoms with Crippen LogP contribution < -0.4 is 5.73 Å². The molecule has 0 aromatic carbocycles. The normalized spacial score (nSPS) is 30.7. The minimum absolute atomic E-state index is 0.00329. The highest BCUT2D eigenvalue weighted by Crippen LogP contribution is 2.42. The zero-order valence-corrected chi connectivity index (χ0v) is 12.1. The highest BCUT2D eigenvalue weighted by Gasteiger charge is 2.43. The maximum Gasteiger partial charge on any atom is 0.0810 e. The van der Waals surface area contributed by atoms with Gasteiger partial charge in [-0.15, -0.1) is 0 Å². The Morgan fingerprint density at radius 1 is 1.56 bits per heavy atom. The SMILES string of the molecule is CC1CCCC(C(N)c2ccn(C)n2)(N(C)C)C1. The highest BCUT2D eigenvalue weighted by molar-refractivity contribution is 5.14. The molecule has 3 atom stereocenters. The van der Waals surface area contributed by atoms with E-state index in [0.717, 1.165) is 18.0 Å². The number of nitrogens with two attached hydrogens (primary N) is 1. The minimum Gasteiger partial charge on any atom is -0.321 e. The van der Waals surface area contributed by atoms with Gasteiger partial charge in [0.05, 0.1) is 11.7 Å². The van der Waals surface area contributed by atoms with E-state index in [4.69, 9.17) is 5.73 Å². The van der Waals surface area contributed by atoms with Gasteiger partial charge in [-0.3, -0.25) is 4.68 Å². The first-order valence-electron chi connectivity index (χ1n) is 6.88. The Morgan fingerprint density at radius 3 is 2.78 bits per heavy atom. The van der Waals surface area contributed by atoms with E-state index in [2.05, 4.69) is 37.1 Å². The van der Waals surface area contributed by atoms with E-state index in [1.54, 1.807) is 0 Å². The standard InChI is InChI=1S/C14H26N4/c1-11-6-5-8-14(10-11,17(2)3)13(15)12-7-9-18(4)16-12/h7,9,11,13H,5-6,8,10,15H2,1-4H3. The Labute approximate surface area is 110 Å². The molecule has 2 N–H and O–H groups in total. The van der Waals surface area contributed by atoms with Crippen LogP contribution in [0, 0.1) is 5.92 Å². The summed E-state index contributed by atoms with van der Waals surface area (Å²) in [6, 6.07) is 2.05. The van der Waals surface area contributed by atoms with Gasteiger partial charge in [0.1, 0.15) is 0 Å². The van der Waals surface area contributed by atoms with Crippen LogP contribution in [0.4, 0.5) is 0 Å². The molecule has 0 amide bonds. The molecule has 1 aliphatic carbocycles. The van der Waals surface area contributed by atoms with Crippen molar-refractivity contribution in [3.05, 3.63) is 18.0 Å². The van der Waals surface area contributed by atoms with E-state index in [1.807, 2.05) is 17.9 Å². The van der Waals surface area contributed by atoms with Gasteiger partial charge >= 0.3 is 0 Å². The Morgan fingerprint density at radius 2 is 2.28 bits per heavy atom. The van der Waals surface area contributed by atoms with Crippen LogP contribution in [-0.4, -0.2) is 34.3 Å². The molecule has 3 unspecified atom stereocenters. The molecular weight excluding hydrogens is 224 g/mol. The molecule has 0 spiro atoms. The first-order chi connectivity index (χ1) is 8.45. The summed E-state index contributed by atoms with van der Waals surface area (Å²) in [4.78, 5) is 2.32. The van der Waals surface area contributed by atoms with E-state index in [0.29, 0.717) is 0 Å². The summed E-state index contributed by atoms with van der Waals surface area (Å²) in [6.07, 6.45) is 6.90. The van der Waals surface area contributed by atoms with Crippen LogP contribution >= 0.6 is 0 Å². The predicted molar refractivity (Wildman–Crippen MR) is 74.2 cm³/mol. The summed E-state index contributed by atoms with van der Waals surface area (Å²) < 4.78 is 1.84. The number of hydrogen-bond acceptors (Lipinski definition) is 3. The van der Waals surface area contributed by atoms with E-state index in [9.17, 15) is 0 Å². The van der Waals surface area contributed by atoms with Crippen molar-refractivity contribution in [1.29, 1.82) is 0 Å². The van der Waals surface area contributed by atoms with E-state index in [1.165, 1.54) is 19.3 Å². The topological polar surface area (TPSA) is 47.1 Å². The second-order valence-electron chi connectivity index (χ2n) is 6.09. The van der Waals surface area contributed by atoms with Crippen molar-refractivity contribution in [3.8, 4) is 0 Å². The molecule has 18 heavy (non-hydrogen) atoms. The molecule has 4 nitrogen and oxygen atoms in total. The average Bonchev–Trinajstić information content (AvgIpc) is 2.74. The highest BCUT2D eigenvalue weighted by atomic mass is 15.3. The van der Waals surface area contributed by atoms with Crippen LogP contribution in [0.1, 0.15) is 44.3 Å². The Kier molecular flexibility index (Phi) is 3.78. The summed E-state index contributed by atoms with van der Waals surface area (Å²) in [6.45, 7) is 2.34. The van der Waals surface area contributed by atoms with Gasteiger partial charge in [-0.2, -0.15) is 5.10 Å². The van der Waals surface area contributed by atoms with Crippen molar-refractivity contribution < 1.29 is 0 Å². The van der Waals surface area contributed by atoms with Crippen molar-refractivity contribution in [2.75, 3.05) is 14.1 Å². The van der Waals surface area contributed by atoms with Crippen LogP contribution in [0.25, 0.3) is 0 Å². The summed E-state index contributed by atoms with van der Waals surface area (Å²) in [5, 5.41) is 4.50. The van der Waals surface area contributed by atoms with E-state index >= 15 is 0 Å². The van der Waals surface area contributed by atoms with Crippen molar-refractivity contribution in [1.82, 2.24) is 14.7 Å². The molecule has 102 valence electrons.